The fourth-order valence-corrected chi connectivity index (χ4v) is 4.04. The SMILES string of the molecule is Cc1ccc(Cl)cc1N1CC[NH+](CC(=O)N2C[C@H](C)O[C@@H](C)C2)CC1. The number of rotatable bonds is 3. The topological polar surface area (TPSA) is 37.2 Å². The summed E-state index contributed by atoms with van der Waals surface area (Å²) in [6.07, 6.45) is 0.260. The molecule has 2 heterocycles. The first kappa shape index (κ1) is 18.5. The summed E-state index contributed by atoms with van der Waals surface area (Å²) in [5, 5.41) is 0.779. The number of nitrogens with one attached hydrogen (secondary N) is 1. The summed E-state index contributed by atoms with van der Waals surface area (Å²) < 4.78 is 5.72. The summed E-state index contributed by atoms with van der Waals surface area (Å²) in [6, 6.07) is 6.05. The summed E-state index contributed by atoms with van der Waals surface area (Å²) >= 11 is 6.15. The fourth-order valence-electron chi connectivity index (χ4n) is 3.87. The van der Waals surface area contributed by atoms with Crippen LogP contribution in [0.1, 0.15) is 19.4 Å². The van der Waals surface area contributed by atoms with E-state index in [-0.39, 0.29) is 18.1 Å². The number of piperazine rings is 1. The first-order chi connectivity index (χ1) is 11.9. The molecule has 2 aliphatic rings. The molecule has 5 nitrogen and oxygen atoms in total. The van der Waals surface area contributed by atoms with Crippen LogP contribution in [0.15, 0.2) is 18.2 Å². The van der Waals surface area contributed by atoms with Crippen molar-refractivity contribution in [3.63, 3.8) is 0 Å². The summed E-state index contributed by atoms with van der Waals surface area (Å²) in [4.78, 5) is 18.3. The average molecular weight is 367 g/mol. The van der Waals surface area contributed by atoms with Gasteiger partial charge in [-0.3, -0.25) is 4.79 Å². The van der Waals surface area contributed by atoms with E-state index in [2.05, 4.69) is 17.9 Å². The highest BCUT2D eigenvalue weighted by Gasteiger charge is 2.29. The van der Waals surface area contributed by atoms with Gasteiger partial charge in [-0.2, -0.15) is 0 Å². The minimum atomic E-state index is 0.130. The van der Waals surface area contributed by atoms with Crippen LogP contribution in [0.2, 0.25) is 5.02 Å². The molecule has 1 aromatic rings. The van der Waals surface area contributed by atoms with Gasteiger partial charge in [-0.1, -0.05) is 17.7 Å². The van der Waals surface area contributed by atoms with E-state index in [9.17, 15) is 4.79 Å². The number of quaternary nitrogens is 1. The van der Waals surface area contributed by atoms with Gasteiger partial charge in [-0.05, 0) is 38.5 Å². The second-order valence-electron chi connectivity index (χ2n) is 7.40. The van der Waals surface area contributed by atoms with Gasteiger partial charge < -0.3 is 19.4 Å². The molecule has 0 radical (unpaired) electrons. The molecular formula is C19H29ClN3O2+. The minimum absolute atomic E-state index is 0.130. The number of ether oxygens (including phenoxy) is 1. The third kappa shape index (κ3) is 4.66. The molecule has 1 aromatic carbocycles. The molecular weight excluding hydrogens is 338 g/mol. The number of hydrogen-bond donors (Lipinski definition) is 1. The van der Waals surface area contributed by atoms with Crippen molar-refractivity contribution in [2.75, 3.05) is 50.7 Å². The largest absolute Gasteiger partial charge is 0.372 e. The number of hydrogen-bond acceptors (Lipinski definition) is 3. The molecule has 0 saturated carbocycles. The lowest BCUT2D eigenvalue weighted by atomic mass is 10.1. The number of anilines is 1. The van der Waals surface area contributed by atoms with E-state index in [0.29, 0.717) is 19.6 Å². The Kier molecular flexibility index (Phi) is 5.87. The van der Waals surface area contributed by atoms with Crippen LogP contribution in [0, 0.1) is 6.92 Å². The van der Waals surface area contributed by atoms with Crippen molar-refractivity contribution in [2.45, 2.75) is 33.0 Å². The third-order valence-electron chi connectivity index (χ3n) is 5.16. The lowest BCUT2D eigenvalue weighted by Crippen LogP contribution is -3.16. The molecule has 2 fully saturated rings. The van der Waals surface area contributed by atoms with Crippen molar-refractivity contribution >= 4 is 23.2 Å². The zero-order chi connectivity index (χ0) is 18.0. The molecule has 1 N–H and O–H groups in total. The Labute approximate surface area is 155 Å². The van der Waals surface area contributed by atoms with Gasteiger partial charge in [0.1, 0.15) is 0 Å². The molecule has 2 aliphatic heterocycles. The molecule has 3 rings (SSSR count). The van der Waals surface area contributed by atoms with Crippen molar-refractivity contribution < 1.29 is 14.4 Å². The van der Waals surface area contributed by atoms with Crippen molar-refractivity contribution in [3.8, 4) is 0 Å². The Morgan fingerprint density at radius 3 is 2.52 bits per heavy atom. The van der Waals surface area contributed by atoms with Crippen LogP contribution in [0.4, 0.5) is 5.69 Å². The molecule has 0 unspecified atom stereocenters. The lowest BCUT2D eigenvalue weighted by Gasteiger charge is -2.37. The predicted molar refractivity (Wildman–Crippen MR) is 101 cm³/mol. The fraction of sp³-hybridized carbons (Fsp3) is 0.632. The Hall–Kier alpha value is -1.30. The van der Waals surface area contributed by atoms with E-state index in [1.165, 1.54) is 16.2 Å². The van der Waals surface area contributed by atoms with E-state index in [0.717, 1.165) is 31.2 Å². The Morgan fingerprint density at radius 1 is 1.24 bits per heavy atom. The van der Waals surface area contributed by atoms with Crippen LogP contribution in [-0.4, -0.2) is 68.8 Å². The van der Waals surface area contributed by atoms with Gasteiger partial charge in [-0.15, -0.1) is 0 Å². The number of benzene rings is 1. The van der Waals surface area contributed by atoms with Gasteiger partial charge >= 0.3 is 0 Å². The minimum Gasteiger partial charge on any atom is -0.372 e. The van der Waals surface area contributed by atoms with Gasteiger partial charge in [0.2, 0.25) is 0 Å². The van der Waals surface area contributed by atoms with E-state index in [4.69, 9.17) is 16.3 Å². The number of nitrogens with zero attached hydrogens (tertiary/aromatic N) is 2. The van der Waals surface area contributed by atoms with Gasteiger partial charge in [0.15, 0.2) is 6.54 Å². The maximum absolute atomic E-state index is 12.6. The Balaban J connectivity index is 1.52. The molecule has 2 saturated heterocycles. The molecule has 0 aromatic heterocycles. The summed E-state index contributed by atoms with van der Waals surface area (Å²) in [6.45, 7) is 12.1. The number of halogens is 1. The van der Waals surface area contributed by atoms with Crippen LogP contribution in [0.5, 0.6) is 0 Å². The molecule has 25 heavy (non-hydrogen) atoms. The predicted octanol–water partition coefficient (Wildman–Crippen LogP) is 0.989. The number of morpholine rings is 1. The lowest BCUT2D eigenvalue weighted by molar-refractivity contribution is -0.892. The van der Waals surface area contributed by atoms with E-state index in [1.807, 2.05) is 30.9 Å². The normalized spacial score (nSPS) is 25.3. The number of carbonyl (C=O) groups is 1. The Bertz CT molecular complexity index is 607. The van der Waals surface area contributed by atoms with Crippen molar-refractivity contribution in [1.29, 1.82) is 0 Å². The highest BCUT2D eigenvalue weighted by molar-refractivity contribution is 6.30. The maximum atomic E-state index is 12.6. The molecule has 6 heteroatoms. The smallest absolute Gasteiger partial charge is 0.277 e. The first-order valence-corrected chi connectivity index (χ1v) is 9.58. The van der Waals surface area contributed by atoms with Gasteiger partial charge in [0.25, 0.3) is 5.91 Å². The second-order valence-corrected chi connectivity index (χ2v) is 7.84. The van der Waals surface area contributed by atoms with E-state index < -0.39 is 0 Å². The second kappa shape index (κ2) is 7.94. The highest BCUT2D eigenvalue weighted by Crippen LogP contribution is 2.24. The van der Waals surface area contributed by atoms with Crippen LogP contribution in [0.3, 0.4) is 0 Å². The monoisotopic (exact) mass is 366 g/mol. The molecule has 1 amide bonds. The molecule has 0 spiro atoms. The van der Waals surface area contributed by atoms with Gasteiger partial charge in [0, 0.05) is 23.8 Å². The van der Waals surface area contributed by atoms with Crippen molar-refractivity contribution in [2.24, 2.45) is 0 Å². The van der Waals surface area contributed by atoms with Crippen LogP contribution < -0.4 is 9.80 Å². The number of carbonyl (C=O) groups excluding carboxylic acids is 1. The maximum Gasteiger partial charge on any atom is 0.277 e. The summed E-state index contributed by atoms with van der Waals surface area (Å²) in [7, 11) is 0. The average Bonchev–Trinajstić information content (AvgIpc) is 2.57. The summed E-state index contributed by atoms with van der Waals surface area (Å²) in [5.74, 6) is 0.254. The number of amides is 1. The van der Waals surface area contributed by atoms with Crippen molar-refractivity contribution in [3.05, 3.63) is 28.8 Å². The molecule has 138 valence electrons. The van der Waals surface area contributed by atoms with Crippen LogP contribution in [-0.2, 0) is 9.53 Å². The van der Waals surface area contributed by atoms with E-state index >= 15 is 0 Å². The number of aryl methyl sites for hydroxylation is 1. The first-order valence-electron chi connectivity index (χ1n) is 9.20. The Morgan fingerprint density at radius 2 is 1.88 bits per heavy atom. The summed E-state index contributed by atoms with van der Waals surface area (Å²) in [5.41, 5.74) is 2.47. The van der Waals surface area contributed by atoms with Crippen LogP contribution in [0.25, 0.3) is 0 Å². The van der Waals surface area contributed by atoms with E-state index in [1.54, 1.807) is 0 Å². The van der Waals surface area contributed by atoms with Crippen molar-refractivity contribution in [1.82, 2.24) is 4.90 Å². The highest BCUT2D eigenvalue weighted by atomic mass is 35.5. The molecule has 2 atom stereocenters. The molecule has 0 bridgehead atoms. The standard InChI is InChI=1S/C19H28ClN3O2/c1-14-4-5-17(20)10-18(14)22-8-6-21(7-9-22)13-19(24)23-11-15(2)25-16(3)12-23/h4-5,10,15-16H,6-9,11-13H2,1-3H3/p+1/t15-,16-/m0/s1. The van der Waals surface area contributed by atoms with Gasteiger partial charge in [-0.25, -0.2) is 0 Å². The molecule has 0 aliphatic carbocycles. The quantitative estimate of drug-likeness (QED) is 0.866. The van der Waals surface area contributed by atoms with Gasteiger partial charge in [0.05, 0.1) is 38.4 Å². The zero-order valence-electron chi connectivity index (χ0n) is 15.4. The third-order valence-corrected chi connectivity index (χ3v) is 5.39. The van der Waals surface area contributed by atoms with Crippen LogP contribution >= 0.6 is 11.6 Å². The zero-order valence-corrected chi connectivity index (χ0v) is 16.2.